The Bertz CT molecular complexity index is 81.7. The molecule has 0 aromatic rings. The summed E-state index contributed by atoms with van der Waals surface area (Å²) in [6.45, 7) is 8.96. The molecule has 2 N–H and O–H groups in total. The van der Waals surface area contributed by atoms with E-state index in [0.29, 0.717) is 0 Å². The lowest BCUT2D eigenvalue weighted by Gasteiger charge is -1.64. The molecule has 0 amide bonds. The van der Waals surface area contributed by atoms with E-state index in [1.165, 1.54) is 0 Å². The first-order chi connectivity index (χ1) is 4.68. The molecule has 0 aliphatic rings. The number of nitrogens with one attached hydrogen (secondary N) is 1. The van der Waals surface area contributed by atoms with Crippen LogP contribution in [0.15, 0.2) is 25.8 Å². The molecule has 0 spiro atoms. The number of carboxylic acids is 1. The second kappa shape index (κ2) is 24.7. The molecule has 0 heterocycles. The normalized spacial score (nSPS) is 5.40. The van der Waals surface area contributed by atoms with E-state index in [1.807, 2.05) is 14.1 Å². The van der Waals surface area contributed by atoms with Gasteiger partial charge < -0.3 is 10.4 Å². The lowest BCUT2D eigenvalue weighted by molar-refractivity contribution is -0.131. The van der Waals surface area contributed by atoms with Crippen molar-refractivity contribution in [2.75, 3.05) is 14.1 Å². The monoisotopic (exact) mass is 145 g/mol. The summed E-state index contributed by atoms with van der Waals surface area (Å²) in [5.74, 6) is -0.981. The van der Waals surface area contributed by atoms with Gasteiger partial charge in [-0.05, 0) is 14.1 Å². The van der Waals surface area contributed by atoms with Crippen molar-refractivity contribution >= 4 is 5.97 Å². The zero-order valence-electron chi connectivity index (χ0n) is 6.55. The van der Waals surface area contributed by atoms with Gasteiger partial charge in [-0.3, -0.25) is 0 Å². The minimum absolute atomic E-state index is 0.833. The van der Waals surface area contributed by atoms with Crippen LogP contribution in [0, 0.1) is 0 Å². The second-order valence-electron chi connectivity index (χ2n) is 1.04. The molecule has 0 saturated carbocycles. The Balaban J connectivity index is -0.0000000847. The van der Waals surface area contributed by atoms with E-state index in [0.717, 1.165) is 6.08 Å². The van der Waals surface area contributed by atoms with Gasteiger partial charge in [0, 0.05) is 6.08 Å². The van der Waals surface area contributed by atoms with Gasteiger partial charge in [0.1, 0.15) is 0 Å². The van der Waals surface area contributed by atoms with Crippen molar-refractivity contribution in [2.45, 2.75) is 0 Å². The summed E-state index contributed by atoms with van der Waals surface area (Å²) in [4.78, 5) is 9.25. The predicted molar refractivity (Wildman–Crippen MR) is 44.1 cm³/mol. The Morgan fingerprint density at radius 3 is 1.60 bits per heavy atom. The third kappa shape index (κ3) is 291. The molecule has 0 fully saturated rings. The van der Waals surface area contributed by atoms with Crippen LogP contribution >= 0.6 is 0 Å². The Morgan fingerprint density at radius 1 is 1.50 bits per heavy atom. The lowest BCUT2D eigenvalue weighted by Crippen LogP contribution is -1.89. The fourth-order valence-electron chi connectivity index (χ4n) is 0. The van der Waals surface area contributed by atoms with Crippen molar-refractivity contribution in [1.29, 1.82) is 0 Å². The fraction of sp³-hybridized carbons (Fsp3) is 0.286. The zero-order chi connectivity index (χ0) is 8.99. The molecular formula is C7H15NO2. The molecule has 0 aliphatic carbocycles. The molecule has 3 nitrogen and oxygen atoms in total. The van der Waals surface area contributed by atoms with Crippen molar-refractivity contribution in [3.63, 3.8) is 0 Å². The third-order valence-electron chi connectivity index (χ3n) is 0.175. The Hall–Kier alpha value is -1.09. The quantitative estimate of drug-likeness (QED) is 0.425. The highest BCUT2D eigenvalue weighted by atomic mass is 16.4. The molecule has 0 aromatic carbocycles. The van der Waals surface area contributed by atoms with Gasteiger partial charge in [0.2, 0.25) is 0 Å². The summed E-state index contributed by atoms with van der Waals surface area (Å²) >= 11 is 0. The van der Waals surface area contributed by atoms with Crippen LogP contribution in [0.5, 0.6) is 0 Å². The van der Waals surface area contributed by atoms with E-state index < -0.39 is 5.97 Å². The first kappa shape index (κ1) is 16.0. The number of aliphatic carboxylic acids is 1. The van der Waals surface area contributed by atoms with E-state index in [9.17, 15) is 4.79 Å². The Kier molecular flexibility index (Phi) is 39.4. The predicted octanol–water partition coefficient (Wildman–Crippen LogP) is 0.895. The van der Waals surface area contributed by atoms with E-state index >= 15 is 0 Å². The topological polar surface area (TPSA) is 49.3 Å². The molecule has 0 bridgehead atoms. The van der Waals surface area contributed by atoms with Gasteiger partial charge in [-0.2, -0.15) is 0 Å². The zero-order valence-corrected chi connectivity index (χ0v) is 6.55. The summed E-state index contributed by atoms with van der Waals surface area (Å²) in [5.41, 5.74) is 0. The van der Waals surface area contributed by atoms with Gasteiger partial charge in [0.25, 0.3) is 0 Å². The maximum atomic E-state index is 9.25. The van der Waals surface area contributed by atoms with Crippen molar-refractivity contribution in [3.05, 3.63) is 25.8 Å². The van der Waals surface area contributed by atoms with Crippen LogP contribution in [0.25, 0.3) is 0 Å². The molecule has 3 heteroatoms. The van der Waals surface area contributed by atoms with Crippen molar-refractivity contribution in [1.82, 2.24) is 5.32 Å². The van der Waals surface area contributed by atoms with Gasteiger partial charge in [-0.15, -0.1) is 13.2 Å². The summed E-state index contributed by atoms with van der Waals surface area (Å²) in [6, 6.07) is 0. The maximum absolute atomic E-state index is 9.25. The smallest absolute Gasteiger partial charge is 0.327 e. The molecule has 60 valence electrons. The third-order valence-corrected chi connectivity index (χ3v) is 0.175. The van der Waals surface area contributed by atoms with Crippen LogP contribution in [0.2, 0.25) is 0 Å². The molecule has 10 heavy (non-hydrogen) atoms. The van der Waals surface area contributed by atoms with E-state index in [4.69, 9.17) is 5.11 Å². The van der Waals surface area contributed by atoms with Gasteiger partial charge in [0.05, 0.1) is 0 Å². The van der Waals surface area contributed by atoms with Crippen LogP contribution in [-0.4, -0.2) is 25.2 Å². The van der Waals surface area contributed by atoms with Gasteiger partial charge in [-0.1, -0.05) is 6.58 Å². The molecule has 0 aromatic heterocycles. The Morgan fingerprint density at radius 2 is 1.60 bits per heavy atom. The number of hydrogen-bond acceptors (Lipinski definition) is 2. The maximum Gasteiger partial charge on any atom is 0.327 e. The minimum atomic E-state index is -0.981. The molecule has 0 saturated heterocycles. The highest BCUT2D eigenvalue weighted by Gasteiger charge is 1.73. The molecule has 0 atom stereocenters. The standard InChI is InChI=1S/C3H4O2.C2H7N.C2H4/c1-2-3(4)5;1-3-2;1-2/h2H,1H2,(H,4,5);3H,1-2H3;1-2H2. The molecule has 0 radical (unpaired) electrons. The second-order valence-corrected chi connectivity index (χ2v) is 1.04. The first-order valence-electron chi connectivity index (χ1n) is 2.62. The largest absolute Gasteiger partial charge is 0.478 e. The summed E-state index contributed by atoms with van der Waals surface area (Å²) in [6.07, 6.45) is 0.833. The number of carboxylic acid groups (broad SMARTS) is 1. The van der Waals surface area contributed by atoms with Crippen molar-refractivity contribution in [3.8, 4) is 0 Å². The average molecular weight is 145 g/mol. The van der Waals surface area contributed by atoms with Gasteiger partial charge in [-0.25, -0.2) is 4.79 Å². The highest BCUT2D eigenvalue weighted by molar-refractivity contribution is 5.78. The minimum Gasteiger partial charge on any atom is -0.478 e. The SMILES string of the molecule is C=C.C=CC(=O)O.CNC. The number of hydrogen-bond donors (Lipinski definition) is 2. The van der Waals surface area contributed by atoms with E-state index in [1.54, 1.807) is 0 Å². The van der Waals surface area contributed by atoms with E-state index in [2.05, 4.69) is 25.1 Å². The van der Waals surface area contributed by atoms with Crippen LogP contribution in [-0.2, 0) is 4.79 Å². The van der Waals surface area contributed by atoms with Gasteiger partial charge in [0.15, 0.2) is 0 Å². The summed E-state index contributed by atoms with van der Waals surface area (Å²) in [7, 11) is 3.75. The number of carbonyl (C=O) groups is 1. The van der Waals surface area contributed by atoms with Crippen LogP contribution in [0.4, 0.5) is 0 Å². The van der Waals surface area contributed by atoms with Crippen LogP contribution in [0.1, 0.15) is 0 Å². The Labute approximate surface area is 62.1 Å². The van der Waals surface area contributed by atoms with E-state index in [-0.39, 0.29) is 0 Å². The van der Waals surface area contributed by atoms with Crippen LogP contribution < -0.4 is 5.32 Å². The van der Waals surface area contributed by atoms with Gasteiger partial charge >= 0.3 is 5.97 Å². The molecule has 0 rings (SSSR count). The molecule has 0 unspecified atom stereocenters. The summed E-state index contributed by atoms with van der Waals surface area (Å²) in [5, 5.41) is 10.4. The van der Waals surface area contributed by atoms with Crippen LogP contribution in [0.3, 0.4) is 0 Å². The lowest BCUT2D eigenvalue weighted by atomic mass is 10.7. The average Bonchev–Trinajstić information content (AvgIpc) is 1.94. The molecular weight excluding hydrogens is 130 g/mol. The fourth-order valence-corrected chi connectivity index (χ4v) is 0. The number of rotatable bonds is 1. The first-order valence-corrected chi connectivity index (χ1v) is 2.62. The molecule has 0 aliphatic heterocycles. The van der Waals surface area contributed by atoms with Crippen molar-refractivity contribution in [2.24, 2.45) is 0 Å². The summed E-state index contributed by atoms with van der Waals surface area (Å²) < 4.78 is 0. The van der Waals surface area contributed by atoms with Crippen molar-refractivity contribution < 1.29 is 9.90 Å². The highest BCUT2D eigenvalue weighted by Crippen LogP contribution is 1.54.